The molecule has 0 heterocycles. The minimum atomic E-state index is -4.37. The van der Waals surface area contributed by atoms with Crippen LogP contribution in [0.25, 0.3) is 0 Å². The molecule has 0 aromatic heterocycles. The third-order valence-electron chi connectivity index (χ3n) is 1.94. The third-order valence-corrected chi connectivity index (χ3v) is 1.94. The first kappa shape index (κ1) is 14.2. The Morgan fingerprint density at radius 1 is 1.28 bits per heavy atom. The van der Waals surface area contributed by atoms with Crippen LogP contribution < -0.4 is 0 Å². The van der Waals surface area contributed by atoms with Crippen LogP contribution in [0.3, 0.4) is 0 Å². The summed E-state index contributed by atoms with van der Waals surface area (Å²) in [5, 5.41) is 0. The number of benzene rings is 1. The molecular weight excluding hydrogens is 247 g/mol. The van der Waals surface area contributed by atoms with Crippen molar-refractivity contribution in [3.63, 3.8) is 0 Å². The number of ether oxygens (including phenoxy) is 1. The number of hydrogen-bond donors (Lipinski definition) is 0. The molecule has 1 amide bonds. The van der Waals surface area contributed by atoms with Crippen LogP contribution in [0.4, 0.5) is 18.0 Å². The second kappa shape index (κ2) is 6.18. The molecule has 98 valence electrons. The Morgan fingerprint density at radius 2 is 1.89 bits per heavy atom. The summed E-state index contributed by atoms with van der Waals surface area (Å²) in [6.07, 6.45) is -6.60. The van der Waals surface area contributed by atoms with E-state index in [0.29, 0.717) is 0 Å². The fourth-order valence-corrected chi connectivity index (χ4v) is 1.24. The molecule has 18 heavy (non-hydrogen) atoms. The fraction of sp³-hybridized carbons (Fsp3) is 0.333. The van der Waals surface area contributed by atoms with Crippen LogP contribution in [-0.4, -0.2) is 18.0 Å². The molecule has 3 nitrogen and oxygen atoms in total. The van der Waals surface area contributed by atoms with E-state index in [9.17, 15) is 18.0 Å². The van der Waals surface area contributed by atoms with E-state index >= 15 is 0 Å². The van der Waals surface area contributed by atoms with Gasteiger partial charge in [0.05, 0.1) is 6.42 Å². The van der Waals surface area contributed by atoms with E-state index in [-0.39, 0.29) is 12.3 Å². The van der Waals surface area contributed by atoms with Gasteiger partial charge in [-0.25, -0.2) is 4.79 Å². The van der Waals surface area contributed by atoms with Crippen LogP contribution >= 0.6 is 0 Å². The Kier molecular flexibility index (Phi) is 4.88. The number of hydrogen-bond acceptors (Lipinski definition) is 2. The zero-order valence-corrected chi connectivity index (χ0v) is 9.70. The van der Waals surface area contributed by atoms with Gasteiger partial charge in [-0.05, 0) is 12.5 Å². The highest BCUT2D eigenvalue weighted by Crippen LogP contribution is 2.20. The molecular formula is C12H12F3NO2. The summed E-state index contributed by atoms with van der Waals surface area (Å²) in [6, 6.07) is 8.80. The lowest BCUT2D eigenvalue weighted by molar-refractivity contribution is -0.121. The maximum Gasteiger partial charge on any atom is 0.433 e. The third kappa shape index (κ3) is 6.03. The maximum atomic E-state index is 12.0. The second-order valence-electron chi connectivity index (χ2n) is 3.68. The monoisotopic (exact) mass is 259 g/mol. The van der Waals surface area contributed by atoms with Crippen molar-refractivity contribution in [2.75, 3.05) is 0 Å². The quantitative estimate of drug-likeness (QED) is 0.775. The second-order valence-corrected chi connectivity index (χ2v) is 3.68. The van der Waals surface area contributed by atoms with E-state index in [4.69, 9.17) is 4.74 Å². The molecule has 0 unspecified atom stereocenters. The largest absolute Gasteiger partial charge is 0.443 e. The van der Waals surface area contributed by atoms with Crippen LogP contribution in [0.15, 0.2) is 35.3 Å². The van der Waals surface area contributed by atoms with Gasteiger partial charge in [-0.15, -0.1) is 0 Å². The van der Waals surface area contributed by atoms with E-state index in [0.717, 1.165) is 12.5 Å². The number of rotatable bonds is 3. The molecule has 0 radical (unpaired) electrons. The van der Waals surface area contributed by atoms with E-state index in [1.165, 1.54) is 0 Å². The fourth-order valence-electron chi connectivity index (χ4n) is 1.24. The maximum absolute atomic E-state index is 12.0. The van der Waals surface area contributed by atoms with Crippen molar-refractivity contribution in [1.82, 2.24) is 0 Å². The average Bonchev–Trinajstić information content (AvgIpc) is 2.25. The van der Waals surface area contributed by atoms with Crippen molar-refractivity contribution in [2.45, 2.75) is 26.1 Å². The van der Waals surface area contributed by atoms with Crippen molar-refractivity contribution in [3.05, 3.63) is 35.9 Å². The predicted octanol–water partition coefficient (Wildman–Crippen LogP) is 3.74. The minimum absolute atomic E-state index is 0.0114. The van der Waals surface area contributed by atoms with Gasteiger partial charge in [0.15, 0.2) is 0 Å². The van der Waals surface area contributed by atoms with Gasteiger partial charge in [0.25, 0.3) is 0 Å². The molecule has 0 aliphatic carbocycles. The Morgan fingerprint density at radius 3 is 2.44 bits per heavy atom. The van der Waals surface area contributed by atoms with Crippen LogP contribution in [-0.2, 0) is 11.3 Å². The zero-order chi connectivity index (χ0) is 13.6. The summed E-state index contributed by atoms with van der Waals surface area (Å²) in [6.45, 7) is 1.12. The number of amides is 1. The number of nitrogens with zero attached hydrogens (tertiary/aromatic N) is 1. The first-order chi connectivity index (χ1) is 8.37. The molecule has 0 saturated heterocycles. The number of carbonyl (C=O) groups is 1. The van der Waals surface area contributed by atoms with Crippen molar-refractivity contribution in [1.29, 1.82) is 0 Å². The van der Waals surface area contributed by atoms with Crippen LogP contribution in [0.5, 0.6) is 0 Å². The van der Waals surface area contributed by atoms with Gasteiger partial charge in [0, 0.05) is 5.71 Å². The Hall–Kier alpha value is -1.85. The van der Waals surface area contributed by atoms with Gasteiger partial charge in [-0.1, -0.05) is 30.3 Å². The van der Waals surface area contributed by atoms with E-state index in [1.54, 1.807) is 30.3 Å². The molecule has 0 bridgehead atoms. The lowest BCUT2D eigenvalue weighted by Crippen LogP contribution is -2.14. The van der Waals surface area contributed by atoms with Gasteiger partial charge >= 0.3 is 12.3 Å². The highest BCUT2D eigenvalue weighted by molar-refractivity contribution is 5.91. The molecule has 0 aliphatic heterocycles. The number of aliphatic imine (C=N–C) groups is 1. The molecule has 0 N–H and O–H groups in total. The molecule has 0 fully saturated rings. The first-order valence-corrected chi connectivity index (χ1v) is 5.18. The summed E-state index contributed by atoms with van der Waals surface area (Å²) in [7, 11) is 0. The van der Waals surface area contributed by atoms with E-state index in [1.807, 2.05) is 0 Å². The summed E-state index contributed by atoms with van der Waals surface area (Å²) in [4.78, 5) is 14.3. The van der Waals surface area contributed by atoms with Crippen LogP contribution in [0, 0.1) is 0 Å². The molecule has 0 saturated carbocycles. The van der Waals surface area contributed by atoms with Gasteiger partial charge in [-0.2, -0.15) is 18.2 Å². The standard InChI is InChI=1S/C12H12F3NO2/c1-9(7-12(13,14)15)16-11(17)18-8-10-5-3-2-4-6-10/h2-6H,7-8H2,1H3. The summed E-state index contributed by atoms with van der Waals surface area (Å²) in [5.41, 5.74) is 0.426. The normalized spacial score (nSPS) is 12.3. The lowest BCUT2D eigenvalue weighted by atomic mass is 10.2. The van der Waals surface area contributed by atoms with Gasteiger partial charge in [0.1, 0.15) is 6.61 Å². The van der Waals surface area contributed by atoms with Crippen molar-refractivity contribution < 1.29 is 22.7 Å². The Bertz CT molecular complexity index is 427. The highest BCUT2D eigenvalue weighted by atomic mass is 19.4. The first-order valence-electron chi connectivity index (χ1n) is 5.18. The predicted molar refractivity (Wildman–Crippen MR) is 60.4 cm³/mol. The van der Waals surface area contributed by atoms with Gasteiger partial charge < -0.3 is 4.74 Å². The molecule has 1 rings (SSSR count). The van der Waals surface area contributed by atoms with Gasteiger partial charge in [0.2, 0.25) is 0 Å². The molecule has 0 atom stereocenters. The topological polar surface area (TPSA) is 38.7 Å². The average molecular weight is 259 g/mol. The van der Waals surface area contributed by atoms with E-state index in [2.05, 4.69) is 4.99 Å². The number of alkyl halides is 3. The Labute approximate surface area is 102 Å². The molecule has 0 aliphatic rings. The molecule has 1 aromatic carbocycles. The zero-order valence-electron chi connectivity index (χ0n) is 9.70. The molecule has 6 heteroatoms. The minimum Gasteiger partial charge on any atom is -0.443 e. The van der Waals surface area contributed by atoms with E-state index < -0.39 is 18.7 Å². The summed E-state index contributed by atoms with van der Waals surface area (Å²) >= 11 is 0. The van der Waals surface area contributed by atoms with Gasteiger partial charge in [-0.3, -0.25) is 0 Å². The molecule has 0 spiro atoms. The van der Waals surface area contributed by atoms with Crippen molar-refractivity contribution >= 4 is 11.8 Å². The number of carbonyl (C=O) groups excluding carboxylic acids is 1. The van der Waals surface area contributed by atoms with Crippen LogP contribution in [0.1, 0.15) is 18.9 Å². The van der Waals surface area contributed by atoms with Crippen molar-refractivity contribution in [2.24, 2.45) is 4.99 Å². The SMILES string of the molecule is CC(CC(F)(F)F)=NC(=O)OCc1ccccc1. The molecule has 1 aromatic rings. The van der Waals surface area contributed by atoms with Crippen LogP contribution in [0.2, 0.25) is 0 Å². The smallest absolute Gasteiger partial charge is 0.433 e. The number of halogens is 3. The van der Waals surface area contributed by atoms with Crippen molar-refractivity contribution in [3.8, 4) is 0 Å². The Balaban J connectivity index is 2.44. The summed E-state index contributed by atoms with van der Waals surface area (Å²) in [5.74, 6) is 0. The summed E-state index contributed by atoms with van der Waals surface area (Å²) < 4.78 is 40.6. The highest BCUT2D eigenvalue weighted by Gasteiger charge is 2.28. The lowest BCUT2D eigenvalue weighted by Gasteiger charge is -2.05.